The van der Waals surface area contributed by atoms with Crippen LogP contribution in [0.5, 0.6) is 0 Å². The number of rotatable bonds is 8. The molecule has 1 aromatic heterocycles. The second-order valence-corrected chi connectivity index (χ2v) is 13.0. The molecule has 1 saturated heterocycles. The molecule has 0 spiro atoms. The van der Waals surface area contributed by atoms with Gasteiger partial charge in [-0.25, -0.2) is 18.5 Å². The van der Waals surface area contributed by atoms with Gasteiger partial charge in [0.15, 0.2) is 5.82 Å². The molecule has 9 heteroatoms. The predicted octanol–water partition coefficient (Wildman–Crippen LogP) is 8.28. The standard InChI is InChI=1S/C35H41F3N4O.H3N.H2/c1-5-20(2)26-7-6-14-42(19-26)35(43)32-21(3)24(9-8-22-15-28-33(30(37)16-22)40-41(4)34(28)38)18-31(39-32)25-12-13-27(23-10-11-23)29(36)17-25;;/h12-13,15-17,20,23-24,26H,5-11,14,18-19H2,1-4H3;1H3;1H/t20?,24?,26-;;/m0../s1. The summed E-state index contributed by atoms with van der Waals surface area (Å²) in [6.45, 7) is 7.85. The van der Waals surface area contributed by atoms with Gasteiger partial charge in [0.05, 0.1) is 5.39 Å². The summed E-state index contributed by atoms with van der Waals surface area (Å²) in [4.78, 5) is 20.9. The van der Waals surface area contributed by atoms with E-state index in [1.54, 1.807) is 12.1 Å². The van der Waals surface area contributed by atoms with Gasteiger partial charge in [-0.15, -0.1) is 0 Å². The fourth-order valence-corrected chi connectivity index (χ4v) is 6.91. The SMILES string of the molecule is CCC(C)[C@H]1CCCN(C(=O)C2=C(C)C(CCc3cc(F)c4nn(C)c(F)c4c3)CC(c3ccc(C4CC4)c(F)c3)=N2)C1.N.[HH]. The average Bonchev–Trinajstić information content (AvgIpc) is 3.81. The Balaban J connectivity index is 0.00000230. The number of halogens is 3. The van der Waals surface area contributed by atoms with Crippen molar-refractivity contribution in [1.82, 2.24) is 20.8 Å². The Bertz CT molecular complexity index is 1630. The number of allylic oxidation sites excluding steroid dienone is 1. The van der Waals surface area contributed by atoms with E-state index in [0.29, 0.717) is 66.1 Å². The molecule has 0 bridgehead atoms. The largest absolute Gasteiger partial charge is 0.344 e. The number of aliphatic imine (C=N–C) groups is 1. The molecule has 3 heterocycles. The molecular weight excluding hydrogens is 563 g/mol. The molecule has 44 heavy (non-hydrogen) atoms. The zero-order valence-corrected chi connectivity index (χ0v) is 26.3. The van der Waals surface area contributed by atoms with E-state index in [1.807, 2.05) is 24.0 Å². The number of carbonyl (C=O) groups excluding carboxylic acids is 1. The number of hydrogen-bond donors (Lipinski definition) is 1. The topological polar surface area (TPSA) is 85.5 Å². The maximum Gasteiger partial charge on any atom is 0.272 e. The molecular formula is C35H46F3N5O. The van der Waals surface area contributed by atoms with Gasteiger partial charge in [0, 0.05) is 27.3 Å². The van der Waals surface area contributed by atoms with Gasteiger partial charge in [-0.1, -0.05) is 32.4 Å². The monoisotopic (exact) mass is 609 g/mol. The highest BCUT2D eigenvalue weighted by Gasteiger charge is 2.33. The van der Waals surface area contributed by atoms with Crippen LogP contribution in [0.25, 0.3) is 10.9 Å². The van der Waals surface area contributed by atoms with Crippen molar-refractivity contribution in [3.63, 3.8) is 0 Å². The van der Waals surface area contributed by atoms with Crippen molar-refractivity contribution in [2.45, 2.75) is 78.1 Å². The van der Waals surface area contributed by atoms with E-state index in [1.165, 1.54) is 13.1 Å². The molecule has 2 aromatic carbocycles. The first-order valence-corrected chi connectivity index (χ1v) is 15.8. The van der Waals surface area contributed by atoms with E-state index >= 15 is 4.39 Å². The highest BCUT2D eigenvalue weighted by atomic mass is 19.1. The summed E-state index contributed by atoms with van der Waals surface area (Å²) in [5, 5.41) is 4.12. The fourth-order valence-electron chi connectivity index (χ4n) is 6.91. The quantitative estimate of drug-likeness (QED) is 0.279. The third kappa shape index (κ3) is 6.21. The number of piperidine rings is 1. The van der Waals surface area contributed by atoms with E-state index in [4.69, 9.17) is 4.99 Å². The van der Waals surface area contributed by atoms with E-state index in [-0.39, 0.29) is 36.1 Å². The highest BCUT2D eigenvalue weighted by Crippen LogP contribution is 2.42. The molecule has 2 aliphatic heterocycles. The first kappa shape index (κ1) is 31.9. The Morgan fingerprint density at radius 1 is 1.11 bits per heavy atom. The van der Waals surface area contributed by atoms with Crippen molar-refractivity contribution in [1.29, 1.82) is 0 Å². The lowest BCUT2D eigenvalue weighted by atomic mass is 9.82. The number of aryl methyl sites for hydroxylation is 2. The van der Waals surface area contributed by atoms with Crippen LogP contribution in [0.1, 0.15) is 89.8 Å². The summed E-state index contributed by atoms with van der Waals surface area (Å²) >= 11 is 0. The molecule has 6 nitrogen and oxygen atoms in total. The van der Waals surface area contributed by atoms with Crippen LogP contribution in [-0.4, -0.2) is 39.4 Å². The molecule has 2 unspecified atom stereocenters. The number of hydrogen-bond acceptors (Lipinski definition) is 4. The Kier molecular flexibility index (Phi) is 9.35. The molecule has 1 amide bonds. The van der Waals surface area contributed by atoms with Crippen LogP contribution in [0.2, 0.25) is 0 Å². The summed E-state index contributed by atoms with van der Waals surface area (Å²) in [6, 6.07) is 8.46. The second kappa shape index (κ2) is 12.9. The van der Waals surface area contributed by atoms with E-state index in [2.05, 4.69) is 18.9 Å². The van der Waals surface area contributed by atoms with Crippen LogP contribution >= 0.6 is 0 Å². The maximum absolute atomic E-state index is 15.1. The van der Waals surface area contributed by atoms with Crippen molar-refractivity contribution in [2.24, 2.45) is 29.8 Å². The number of amides is 1. The zero-order chi connectivity index (χ0) is 30.4. The van der Waals surface area contributed by atoms with E-state index in [9.17, 15) is 13.6 Å². The lowest BCUT2D eigenvalue weighted by Gasteiger charge is -2.36. The summed E-state index contributed by atoms with van der Waals surface area (Å²) < 4.78 is 45.6. The van der Waals surface area contributed by atoms with Crippen LogP contribution in [-0.2, 0) is 18.3 Å². The molecule has 6 rings (SSSR count). The zero-order valence-electron chi connectivity index (χ0n) is 26.3. The minimum Gasteiger partial charge on any atom is -0.344 e. The number of aromatic nitrogens is 2. The number of carbonyl (C=O) groups is 1. The van der Waals surface area contributed by atoms with Gasteiger partial charge in [0.25, 0.3) is 5.91 Å². The molecule has 3 aliphatic rings. The fraction of sp³-hybridized carbons (Fsp3) is 0.514. The summed E-state index contributed by atoms with van der Waals surface area (Å²) in [7, 11) is 1.46. The van der Waals surface area contributed by atoms with Crippen LogP contribution in [0.3, 0.4) is 0 Å². The van der Waals surface area contributed by atoms with E-state index < -0.39 is 11.8 Å². The van der Waals surface area contributed by atoms with Gasteiger partial charge in [-0.3, -0.25) is 4.79 Å². The van der Waals surface area contributed by atoms with Gasteiger partial charge in [-0.2, -0.15) is 9.49 Å². The first-order chi connectivity index (χ1) is 20.6. The Hall–Kier alpha value is -3.46. The predicted molar refractivity (Wildman–Crippen MR) is 171 cm³/mol. The van der Waals surface area contributed by atoms with E-state index in [0.717, 1.165) is 54.5 Å². The number of nitrogens with zero attached hydrogens (tertiary/aromatic N) is 4. The van der Waals surface area contributed by atoms with Crippen LogP contribution < -0.4 is 6.15 Å². The van der Waals surface area contributed by atoms with Crippen LogP contribution in [0.15, 0.2) is 46.6 Å². The molecule has 2 fully saturated rings. The van der Waals surface area contributed by atoms with Crippen molar-refractivity contribution >= 4 is 22.5 Å². The minimum atomic E-state index is -0.569. The Morgan fingerprint density at radius 3 is 2.59 bits per heavy atom. The van der Waals surface area contributed by atoms with Crippen molar-refractivity contribution in [3.8, 4) is 0 Å². The normalized spacial score (nSPS) is 21.3. The van der Waals surface area contributed by atoms with Crippen LogP contribution in [0, 0.1) is 35.3 Å². The third-order valence-electron chi connectivity index (χ3n) is 10.1. The average molecular weight is 610 g/mol. The van der Waals surface area contributed by atoms with Gasteiger partial charge >= 0.3 is 0 Å². The summed E-state index contributed by atoms with van der Waals surface area (Å²) in [5.41, 5.74) is 4.21. The number of benzene rings is 2. The van der Waals surface area contributed by atoms with Gasteiger partial charge in [-0.05, 0) is 116 Å². The first-order valence-electron chi connectivity index (χ1n) is 15.8. The molecule has 1 aliphatic carbocycles. The molecule has 238 valence electrons. The number of likely N-dealkylation sites (tertiary alicyclic amines) is 1. The lowest BCUT2D eigenvalue weighted by molar-refractivity contribution is -0.129. The molecule has 0 radical (unpaired) electrons. The molecule has 1 saturated carbocycles. The van der Waals surface area contributed by atoms with Crippen LogP contribution in [0.4, 0.5) is 13.2 Å². The van der Waals surface area contributed by atoms with Crippen molar-refractivity contribution in [2.75, 3.05) is 13.1 Å². The second-order valence-electron chi connectivity index (χ2n) is 13.0. The van der Waals surface area contributed by atoms with Crippen molar-refractivity contribution < 1.29 is 19.4 Å². The van der Waals surface area contributed by atoms with Gasteiger partial charge in [0.2, 0.25) is 5.95 Å². The molecule has 3 aromatic rings. The third-order valence-corrected chi connectivity index (χ3v) is 10.1. The summed E-state index contributed by atoms with van der Waals surface area (Å²) in [5.74, 6) is -0.137. The Morgan fingerprint density at radius 2 is 1.89 bits per heavy atom. The number of fused-ring (bicyclic) bond motifs is 1. The van der Waals surface area contributed by atoms with Gasteiger partial charge in [0.1, 0.15) is 17.0 Å². The minimum absolute atomic E-state index is 0. The maximum atomic E-state index is 15.1. The molecule has 3 N–H and O–H groups in total. The highest BCUT2D eigenvalue weighted by molar-refractivity contribution is 6.06. The smallest absolute Gasteiger partial charge is 0.272 e. The van der Waals surface area contributed by atoms with Gasteiger partial charge < -0.3 is 11.1 Å². The summed E-state index contributed by atoms with van der Waals surface area (Å²) in [6.07, 6.45) is 6.87. The lowest BCUT2D eigenvalue weighted by Crippen LogP contribution is -2.43. The molecule has 3 atom stereocenters. The Labute approximate surface area is 259 Å². The van der Waals surface area contributed by atoms with Crippen molar-refractivity contribution in [3.05, 3.63) is 75.9 Å².